The molecule has 0 radical (unpaired) electrons. The first-order chi connectivity index (χ1) is 15.4. The molecule has 1 fully saturated rings. The summed E-state index contributed by atoms with van der Waals surface area (Å²) in [5.74, 6) is 3.35. The van der Waals surface area contributed by atoms with Gasteiger partial charge in [0.1, 0.15) is 5.82 Å². The molecule has 0 atom stereocenters. The average Bonchev–Trinajstić information content (AvgIpc) is 2.79. The van der Waals surface area contributed by atoms with Crippen molar-refractivity contribution in [2.75, 3.05) is 62.9 Å². The molecule has 2 amide bonds. The zero-order valence-electron chi connectivity index (χ0n) is 18.5. The average molecular weight is 431 g/mol. The molecular weight excluding hydrogens is 404 g/mol. The number of piperazine rings is 1. The Morgan fingerprint density at radius 1 is 1.12 bits per heavy atom. The minimum atomic E-state index is -0.298. The summed E-state index contributed by atoms with van der Waals surface area (Å²) in [5.41, 5.74) is 3.04. The van der Waals surface area contributed by atoms with Crippen LogP contribution in [0, 0.1) is 12.3 Å². The SMILES string of the molecule is C#Cc1cc(NC(=O)N(C)C)nc2nc(Nc3ccc(N4CCN(C)CC4)cc3)ncc12. The number of nitrogens with one attached hydrogen (secondary N) is 2. The van der Waals surface area contributed by atoms with Crippen LogP contribution in [0.25, 0.3) is 11.0 Å². The van der Waals surface area contributed by atoms with Gasteiger partial charge in [-0.15, -0.1) is 6.42 Å². The molecule has 0 bridgehead atoms. The molecule has 2 N–H and O–H groups in total. The number of benzene rings is 1. The third kappa shape index (κ3) is 4.71. The summed E-state index contributed by atoms with van der Waals surface area (Å²) in [5, 5.41) is 6.57. The lowest BCUT2D eigenvalue weighted by Crippen LogP contribution is -2.44. The highest BCUT2D eigenvalue weighted by Gasteiger charge is 2.14. The van der Waals surface area contributed by atoms with Gasteiger partial charge in [-0.2, -0.15) is 4.98 Å². The van der Waals surface area contributed by atoms with Gasteiger partial charge in [0.05, 0.1) is 5.39 Å². The molecule has 0 unspecified atom stereocenters. The molecule has 9 heteroatoms. The lowest BCUT2D eigenvalue weighted by molar-refractivity contribution is 0.230. The number of likely N-dealkylation sites (N-methyl/N-ethyl adjacent to an activating group) is 1. The molecule has 3 heterocycles. The standard InChI is InChI=1S/C23H26N8O/c1-5-16-14-20(27-23(32)29(2)3)26-21-19(16)15-24-22(28-21)25-17-6-8-18(9-7-17)31-12-10-30(4)11-13-31/h1,6-9,14-15H,10-13H2,2-4H3,(H2,24,25,26,27,28,32). The Balaban J connectivity index is 1.54. The fourth-order valence-corrected chi connectivity index (χ4v) is 3.42. The molecular formula is C23H26N8O. The number of urea groups is 1. The summed E-state index contributed by atoms with van der Waals surface area (Å²) in [6, 6.07) is 9.55. The molecule has 164 valence electrons. The summed E-state index contributed by atoms with van der Waals surface area (Å²) in [4.78, 5) is 31.4. The molecule has 0 spiro atoms. The highest BCUT2D eigenvalue weighted by molar-refractivity contribution is 5.91. The summed E-state index contributed by atoms with van der Waals surface area (Å²) in [6.45, 7) is 4.17. The first kappa shape index (κ1) is 21.3. The molecule has 1 aliphatic heterocycles. The number of terminal acetylenes is 1. The van der Waals surface area contributed by atoms with Gasteiger partial charge >= 0.3 is 6.03 Å². The van der Waals surface area contributed by atoms with Crippen molar-refractivity contribution in [1.82, 2.24) is 24.8 Å². The van der Waals surface area contributed by atoms with Gasteiger partial charge in [0.25, 0.3) is 0 Å². The predicted octanol–water partition coefficient (Wildman–Crippen LogP) is 2.60. The van der Waals surface area contributed by atoms with Gasteiger partial charge in [-0.25, -0.2) is 14.8 Å². The van der Waals surface area contributed by atoms with Crippen LogP contribution in [0.1, 0.15) is 5.56 Å². The van der Waals surface area contributed by atoms with Crippen LogP contribution in [0.3, 0.4) is 0 Å². The smallest absolute Gasteiger partial charge is 0.322 e. The summed E-state index contributed by atoms with van der Waals surface area (Å²) < 4.78 is 0. The molecule has 3 aromatic rings. The van der Waals surface area contributed by atoms with Crippen LogP contribution in [-0.2, 0) is 0 Å². The monoisotopic (exact) mass is 430 g/mol. The minimum absolute atomic E-state index is 0.298. The van der Waals surface area contributed by atoms with Gasteiger partial charge in [-0.1, -0.05) is 5.92 Å². The van der Waals surface area contributed by atoms with Gasteiger partial charge < -0.3 is 20.0 Å². The van der Waals surface area contributed by atoms with E-state index in [9.17, 15) is 4.79 Å². The van der Waals surface area contributed by atoms with E-state index in [-0.39, 0.29) is 6.03 Å². The largest absolute Gasteiger partial charge is 0.369 e. The van der Waals surface area contributed by atoms with Crippen molar-refractivity contribution in [3.8, 4) is 12.3 Å². The van der Waals surface area contributed by atoms with E-state index in [1.165, 1.54) is 10.6 Å². The molecule has 0 aliphatic carbocycles. The van der Waals surface area contributed by atoms with Gasteiger partial charge in [0.15, 0.2) is 5.65 Å². The molecule has 0 saturated carbocycles. The fraction of sp³-hybridized carbons (Fsp3) is 0.304. The number of hydrogen-bond donors (Lipinski definition) is 2. The Hall–Kier alpha value is -3.90. The number of hydrogen-bond acceptors (Lipinski definition) is 7. The van der Waals surface area contributed by atoms with E-state index in [0.29, 0.717) is 28.4 Å². The van der Waals surface area contributed by atoms with Crippen molar-refractivity contribution < 1.29 is 4.79 Å². The summed E-state index contributed by atoms with van der Waals surface area (Å²) in [6.07, 6.45) is 7.28. The highest BCUT2D eigenvalue weighted by Crippen LogP contribution is 2.23. The van der Waals surface area contributed by atoms with Crippen LogP contribution < -0.4 is 15.5 Å². The molecule has 1 aliphatic rings. The summed E-state index contributed by atoms with van der Waals surface area (Å²) in [7, 11) is 5.45. The van der Waals surface area contributed by atoms with Crippen LogP contribution in [0.15, 0.2) is 36.5 Å². The van der Waals surface area contributed by atoms with Crippen LogP contribution in [0.2, 0.25) is 0 Å². The third-order valence-corrected chi connectivity index (χ3v) is 5.35. The number of aromatic nitrogens is 3. The number of pyridine rings is 1. The highest BCUT2D eigenvalue weighted by atomic mass is 16.2. The molecule has 32 heavy (non-hydrogen) atoms. The second-order valence-electron chi connectivity index (χ2n) is 7.92. The Morgan fingerprint density at radius 2 is 1.84 bits per heavy atom. The van der Waals surface area contributed by atoms with Gasteiger partial charge in [0.2, 0.25) is 5.95 Å². The van der Waals surface area contributed by atoms with Crippen LogP contribution in [0.4, 0.5) is 27.9 Å². The van der Waals surface area contributed by atoms with Crippen LogP contribution >= 0.6 is 0 Å². The second kappa shape index (κ2) is 9.08. The van der Waals surface area contributed by atoms with E-state index in [2.05, 4.69) is 60.5 Å². The lowest BCUT2D eigenvalue weighted by Gasteiger charge is -2.34. The van der Waals surface area contributed by atoms with Crippen molar-refractivity contribution in [3.05, 3.63) is 42.1 Å². The predicted molar refractivity (Wildman–Crippen MR) is 127 cm³/mol. The third-order valence-electron chi connectivity index (χ3n) is 5.35. The van der Waals surface area contributed by atoms with Crippen LogP contribution in [-0.4, -0.2) is 78.1 Å². The van der Waals surface area contributed by atoms with Crippen LogP contribution in [0.5, 0.6) is 0 Å². The molecule has 1 saturated heterocycles. The zero-order chi connectivity index (χ0) is 22.7. The number of carbonyl (C=O) groups is 1. The maximum Gasteiger partial charge on any atom is 0.322 e. The maximum atomic E-state index is 12.0. The van der Waals surface area contributed by atoms with Crippen molar-refractivity contribution >= 4 is 40.2 Å². The van der Waals surface area contributed by atoms with Gasteiger partial charge in [0, 0.05) is 63.4 Å². The molecule has 9 nitrogen and oxygen atoms in total. The van der Waals surface area contributed by atoms with Gasteiger partial charge in [-0.3, -0.25) is 5.32 Å². The number of nitrogens with zero attached hydrogens (tertiary/aromatic N) is 6. The van der Waals surface area contributed by atoms with Crippen molar-refractivity contribution in [2.45, 2.75) is 0 Å². The van der Waals surface area contributed by atoms with Crippen molar-refractivity contribution in [2.24, 2.45) is 0 Å². The quantitative estimate of drug-likeness (QED) is 0.615. The minimum Gasteiger partial charge on any atom is -0.369 e. The Morgan fingerprint density at radius 3 is 2.50 bits per heavy atom. The van der Waals surface area contributed by atoms with E-state index >= 15 is 0 Å². The van der Waals surface area contributed by atoms with E-state index < -0.39 is 0 Å². The second-order valence-corrected chi connectivity index (χ2v) is 7.92. The Bertz CT molecular complexity index is 1160. The van der Waals surface area contributed by atoms with Crippen molar-refractivity contribution in [1.29, 1.82) is 0 Å². The Labute approximate surface area is 187 Å². The lowest BCUT2D eigenvalue weighted by atomic mass is 10.2. The molecule has 4 rings (SSSR count). The number of anilines is 4. The number of amides is 2. The first-order valence-corrected chi connectivity index (χ1v) is 10.4. The molecule has 2 aromatic heterocycles. The number of carbonyl (C=O) groups excluding carboxylic acids is 1. The number of rotatable bonds is 4. The zero-order valence-corrected chi connectivity index (χ0v) is 18.5. The first-order valence-electron chi connectivity index (χ1n) is 10.4. The van der Waals surface area contributed by atoms with Crippen molar-refractivity contribution in [3.63, 3.8) is 0 Å². The maximum absolute atomic E-state index is 12.0. The van der Waals surface area contributed by atoms with E-state index in [1.54, 1.807) is 26.4 Å². The fourth-order valence-electron chi connectivity index (χ4n) is 3.42. The van der Waals surface area contributed by atoms with E-state index in [0.717, 1.165) is 31.9 Å². The van der Waals surface area contributed by atoms with Gasteiger partial charge in [-0.05, 0) is 37.4 Å². The Kier molecular flexibility index (Phi) is 6.05. The van der Waals surface area contributed by atoms with E-state index in [4.69, 9.17) is 6.42 Å². The summed E-state index contributed by atoms with van der Waals surface area (Å²) >= 11 is 0. The normalized spacial score (nSPS) is 14.1. The molecule has 1 aromatic carbocycles. The topological polar surface area (TPSA) is 89.5 Å². The number of fused-ring (bicyclic) bond motifs is 1. The van der Waals surface area contributed by atoms with E-state index in [1.807, 2.05) is 12.1 Å².